The number of piperidine rings is 1. The highest BCUT2D eigenvalue weighted by atomic mass is 19.1. The largest absolute Gasteiger partial charge is 0.423 e. The lowest BCUT2D eigenvalue weighted by atomic mass is 9.96. The number of benzene rings is 1. The van der Waals surface area contributed by atoms with Gasteiger partial charge >= 0.3 is 6.09 Å². The summed E-state index contributed by atoms with van der Waals surface area (Å²) < 4.78 is 21.9. The van der Waals surface area contributed by atoms with E-state index < -0.39 is 23.6 Å². The number of nitrogens with zero attached hydrogens (tertiary/aromatic N) is 6. The maximum atomic E-state index is 15.0. The first-order chi connectivity index (χ1) is 15.6. The summed E-state index contributed by atoms with van der Waals surface area (Å²) in [6.45, 7) is 1.88. The summed E-state index contributed by atoms with van der Waals surface area (Å²) in [4.78, 5) is 18.2. The first kappa shape index (κ1) is 18.9. The van der Waals surface area contributed by atoms with Crippen LogP contribution in [0.5, 0.6) is 0 Å². The molecule has 0 radical (unpaired) electrons. The average molecular weight is 431 g/mol. The summed E-state index contributed by atoms with van der Waals surface area (Å²) in [5.74, 6) is 0.119. The molecule has 0 spiro atoms. The maximum absolute atomic E-state index is 15.0. The van der Waals surface area contributed by atoms with Gasteiger partial charge in [0.15, 0.2) is 0 Å². The van der Waals surface area contributed by atoms with Crippen molar-refractivity contribution in [2.24, 2.45) is 11.8 Å². The van der Waals surface area contributed by atoms with Gasteiger partial charge in [-0.2, -0.15) is 5.26 Å². The van der Waals surface area contributed by atoms with E-state index >= 15 is 0 Å². The summed E-state index contributed by atoms with van der Waals surface area (Å²) in [5, 5.41) is 20.5. The molecule has 4 heterocycles. The Hall–Kier alpha value is -3.84. The highest BCUT2D eigenvalue weighted by Gasteiger charge is 2.69. The summed E-state index contributed by atoms with van der Waals surface area (Å²) in [6.07, 6.45) is 3.41. The Morgan fingerprint density at radius 2 is 1.97 bits per heavy atom. The van der Waals surface area contributed by atoms with Crippen LogP contribution in [-0.2, 0) is 10.2 Å². The van der Waals surface area contributed by atoms with Gasteiger partial charge in [-0.05, 0) is 24.3 Å². The van der Waals surface area contributed by atoms with E-state index in [4.69, 9.17) is 4.74 Å². The molecule has 4 atom stereocenters. The molecule has 1 saturated carbocycles. The molecular formula is C22H18FN7O2. The Kier molecular flexibility index (Phi) is 4.03. The fraction of sp³-hybridized carbons (Fsp3) is 0.318. The number of nitriles is 1. The molecule has 2 unspecified atom stereocenters. The molecule has 2 aliphatic heterocycles. The van der Waals surface area contributed by atoms with Crippen molar-refractivity contribution in [2.75, 3.05) is 24.5 Å². The molecule has 10 heteroatoms. The maximum Gasteiger partial charge on any atom is 0.416 e. The number of pyridine rings is 1. The molecule has 2 aromatic heterocycles. The first-order valence-electron chi connectivity index (χ1n) is 10.3. The van der Waals surface area contributed by atoms with E-state index in [0.717, 1.165) is 18.8 Å². The third-order valence-electron chi connectivity index (χ3n) is 6.79. The second-order valence-electron chi connectivity index (χ2n) is 8.31. The molecule has 1 N–H and O–H groups in total. The third kappa shape index (κ3) is 2.64. The molecule has 1 amide bonds. The number of rotatable bonds is 4. The number of amides is 1. The molecule has 3 aromatic rings. The van der Waals surface area contributed by atoms with E-state index in [1.165, 1.54) is 23.6 Å². The Morgan fingerprint density at radius 1 is 1.19 bits per heavy atom. The second kappa shape index (κ2) is 6.83. The van der Waals surface area contributed by atoms with Crippen LogP contribution in [0, 0.1) is 29.0 Å². The molecule has 1 aromatic carbocycles. The van der Waals surface area contributed by atoms with Crippen LogP contribution in [-0.4, -0.2) is 45.5 Å². The van der Waals surface area contributed by atoms with Gasteiger partial charge in [0.1, 0.15) is 23.9 Å². The van der Waals surface area contributed by atoms with Crippen molar-refractivity contribution in [3.8, 4) is 17.2 Å². The van der Waals surface area contributed by atoms with E-state index in [1.807, 2.05) is 6.07 Å². The molecular weight excluding hydrogens is 413 g/mol. The predicted molar refractivity (Wildman–Crippen MR) is 110 cm³/mol. The number of ether oxygens (including phenoxy) is 1. The molecule has 160 valence electrons. The minimum atomic E-state index is -0.568. The SMILES string of the molecule is N#CC1(c2ccc(-c3ccc(N4CC(n5cnnc5)OC4=O)cc3F)cn2)[C@@H]2CNC[C@@H]21. The van der Waals surface area contributed by atoms with Crippen LogP contribution in [0.15, 0.2) is 49.2 Å². The van der Waals surface area contributed by atoms with Gasteiger partial charge in [-0.1, -0.05) is 6.07 Å². The standard InChI is InChI=1S/C22H18FN7O2/c23-18-5-14(30-9-20(32-21(30)31)29-11-27-28-12-29)2-3-15(18)13-1-4-19(26-6-13)22(10-24)16-7-25-8-17(16)22/h1-6,11-12,16-17,20,25H,7-9H2/t16-,17+,20?,22?. The van der Waals surface area contributed by atoms with Crippen molar-refractivity contribution < 1.29 is 13.9 Å². The van der Waals surface area contributed by atoms with E-state index in [2.05, 4.69) is 26.6 Å². The van der Waals surface area contributed by atoms with E-state index in [0.29, 0.717) is 28.7 Å². The van der Waals surface area contributed by atoms with Crippen LogP contribution in [0.4, 0.5) is 14.9 Å². The molecule has 32 heavy (non-hydrogen) atoms. The Bertz CT molecular complexity index is 1230. The van der Waals surface area contributed by atoms with Crippen LogP contribution in [0.2, 0.25) is 0 Å². The van der Waals surface area contributed by atoms with Gasteiger partial charge in [0.05, 0.1) is 24.0 Å². The highest BCUT2D eigenvalue weighted by molar-refractivity contribution is 5.90. The van der Waals surface area contributed by atoms with Crippen molar-refractivity contribution in [3.63, 3.8) is 0 Å². The zero-order chi connectivity index (χ0) is 21.9. The lowest BCUT2D eigenvalue weighted by Gasteiger charge is -2.15. The Balaban J connectivity index is 1.23. The van der Waals surface area contributed by atoms with Gasteiger partial charge in [-0.3, -0.25) is 14.5 Å². The normalized spacial score (nSPS) is 28.3. The summed E-state index contributed by atoms with van der Waals surface area (Å²) >= 11 is 0. The summed E-state index contributed by atoms with van der Waals surface area (Å²) in [6, 6.07) is 10.7. The number of aromatic nitrogens is 4. The fourth-order valence-electron chi connectivity index (χ4n) is 5.02. The van der Waals surface area contributed by atoms with Crippen molar-refractivity contribution in [1.29, 1.82) is 5.26 Å². The summed E-state index contributed by atoms with van der Waals surface area (Å²) in [7, 11) is 0. The Morgan fingerprint density at radius 3 is 2.62 bits per heavy atom. The monoisotopic (exact) mass is 431 g/mol. The van der Waals surface area contributed by atoms with Crippen LogP contribution in [0.3, 0.4) is 0 Å². The summed E-state index contributed by atoms with van der Waals surface area (Å²) in [5.41, 5.74) is 1.61. The van der Waals surface area contributed by atoms with Gasteiger partial charge in [0.2, 0.25) is 6.23 Å². The number of hydrogen-bond acceptors (Lipinski definition) is 7. The molecule has 3 aliphatic rings. The van der Waals surface area contributed by atoms with Gasteiger partial charge in [0, 0.05) is 42.2 Å². The highest BCUT2D eigenvalue weighted by Crippen LogP contribution is 2.60. The van der Waals surface area contributed by atoms with Crippen molar-refractivity contribution in [2.45, 2.75) is 11.6 Å². The zero-order valence-electron chi connectivity index (χ0n) is 16.8. The van der Waals surface area contributed by atoms with Crippen LogP contribution < -0.4 is 10.2 Å². The average Bonchev–Trinajstić information content (AvgIpc) is 3.36. The molecule has 0 bridgehead atoms. The fourth-order valence-corrected chi connectivity index (χ4v) is 5.02. The van der Waals surface area contributed by atoms with Crippen LogP contribution in [0.1, 0.15) is 11.9 Å². The van der Waals surface area contributed by atoms with E-state index in [1.54, 1.807) is 29.0 Å². The predicted octanol–water partition coefficient (Wildman–Crippen LogP) is 2.25. The van der Waals surface area contributed by atoms with Crippen LogP contribution >= 0.6 is 0 Å². The molecule has 9 nitrogen and oxygen atoms in total. The van der Waals surface area contributed by atoms with Crippen molar-refractivity contribution in [1.82, 2.24) is 25.1 Å². The third-order valence-corrected chi connectivity index (χ3v) is 6.79. The molecule has 3 fully saturated rings. The number of fused-ring (bicyclic) bond motifs is 1. The van der Waals surface area contributed by atoms with Crippen molar-refractivity contribution in [3.05, 3.63) is 60.7 Å². The Labute approximate surface area is 182 Å². The van der Waals surface area contributed by atoms with Crippen molar-refractivity contribution >= 4 is 11.8 Å². The van der Waals surface area contributed by atoms with Gasteiger partial charge < -0.3 is 10.1 Å². The number of carbonyl (C=O) groups is 1. The lowest BCUT2D eigenvalue weighted by Crippen LogP contribution is -2.25. The smallest absolute Gasteiger partial charge is 0.416 e. The van der Waals surface area contributed by atoms with Crippen LogP contribution in [0.25, 0.3) is 11.1 Å². The molecule has 6 rings (SSSR count). The van der Waals surface area contributed by atoms with E-state index in [-0.39, 0.29) is 6.54 Å². The topological polar surface area (TPSA) is 109 Å². The zero-order valence-corrected chi connectivity index (χ0v) is 16.8. The van der Waals surface area contributed by atoms with Gasteiger partial charge in [0.25, 0.3) is 0 Å². The number of halogens is 1. The number of carbonyl (C=O) groups excluding carboxylic acids is 1. The quantitative estimate of drug-likeness (QED) is 0.675. The lowest BCUT2D eigenvalue weighted by molar-refractivity contribution is 0.102. The van der Waals surface area contributed by atoms with Gasteiger partial charge in [-0.15, -0.1) is 10.2 Å². The number of hydrogen-bond donors (Lipinski definition) is 1. The number of cyclic esters (lactones) is 1. The molecule has 2 saturated heterocycles. The number of nitrogens with one attached hydrogen (secondary N) is 1. The number of anilines is 1. The molecule has 1 aliphatic carbocycles. The second-order valence-corrected chi connectivity index (χ2v) is 8.31. The first-order valence-corrected chi connectivity index (χ1v) is 10.3. The minimum absolute atomic E-state index is 0.222. The van der Waals surface area contributed by atoms with Gasteiger partial charge in [-0.25, -0.2) is 9.18 Å². The van der Waals surface area contributed by atoms with E-state index in [9.17, 15) is 14.4 Å². The minimum Gasteiger partial charge on any atom is -0.423 e.